The molecule has 0 spiro atoms. The summed E-state index contributed by atoms with van der Waals surface area (Å²) in [6.45, 7) is 4.70. The summed E-state index contributed by atoms with van der Waals surface area (Å²) < 4.78 is 11.4. The van der Waals surface area contributed by atoms with Crippen LogP contribution in [0.3, 0.4) is 0 Å². The lowest BCUT2D eigenvalue weighted by atomic mass is 9.98. The predicted molar refractivity (Wildman–Crippen MR) is 123 cm³/mol. The Hall–Kier alpha value is -2.48. The minimum absolute atomic E-state index is 0.0192. The number of ether oxygens (including phenoxy) is 2. The molecule has 0 radical (unpaired) electrons. The van der Waals surface area contributed by atoms with Crippen LogP contribution in [0.4, 0.5) is 4.79 Å². The van der Waals surface area contributed by atoms with Crippen molar-refractivity contribution in [2.45, 2.75) is 64.9 Å². The van der Waals surface area contributed by atoms with Crippen molar-refractivity contribution < 1.29 is 14.3 Å². The van der Waals surface area contributed by atoms with Crippen molar-refractivity contribution in [3.05, 3.63) is 29.7 Å². The number of hydrogen-bond donors (Lipinski definition) is 2. The van der Waals surface area contributed by atoms with Crippen LogP contribution in [0.2, 0.25) is 0 Å². The van der Waals surface area contributed by atoms with Crippen LogP contribution in [0.1, 0.15) is 64.5 Å². The first-order valence-electron chi connectivity index (χ1n) is 11.4. The van der Waals surface area contributed by atoms with Crippen LogP contribution >= 0.6 is 0 Å². The lowest BCUT2D eigenvalue weighted by Crippen LogP contribution is -2.34. The smallest absolute Gasteiger partial charge is 0.409 e. The number of pyridine rings is 1. The van der Waals surface area contributed by atoms with Crippen LogP contribution in [0.25, 0.3) is 5.70 Å². The molecule has 8 heteroatoms. The maximum absolute atomic E-state index is 12.2. The van der Waals surface area contributed by atoms with Crippen molar-refractivity contribution >= 4 is 11.8 Å². The number of rotatable bonds is 8. The highest BCUT2D eigenvalue weighted by Crippen LogP contribution is 2.29. The Balaban J connectivity index is 0.00000166. The average Bonchev–Trinajstić information content (AvgIpc) is 3.60. The number of amides is 1. The minimum Gasteiger partial charge on any atom is -0.489 e. The van der Waals surface area contributed by atoms with Crippen molar-refractivity contribution in [2.24, 2.45) is 17.5 Å². The Bertz CT molecular complexity index is 710. The zero-order chi connectivity index (χ0) is 22.8. The summed E-state index contributed by atoms with van der Waals surface area (Å²) >= 11 is 0. The molecule has 2 saturated carbocycles. The molecule has 3 rings (SSSR count). The van der Waals surface area contributed by atoms with E-state index in [0.717, 1.165) is 25.1 Å². The van der Waals surface area contributed by atoms with Gasteiger partial charge < -0.3 is 25.1 Å². The zero-order valence-electron chi connectivity index (χ0n) is 19.5. The molecule has 1 aromatic rings. The highest BCUT2D eigenvalue weighted by molar-refractivity contribution is 5.68. The number of aromatic nitrogens is 1. The van der Waals surface area contributed by atoms with Gasteiger partial charge in [0.15, 0.2) is 0 Å². The van der Waals surface area contributed by atoms with Crippen LogP contribution in [0, 0.1) is 5.92 Å². The second kappa shape index (κ2) is 12.4. The van der Waals surface area contributed by atoms with Gasteiger partial charge in [0.05, 0.1) is 29.4 Å². The molecule has 0 unspecified atom stereocenters. The highest BCUT2D eigenvalue weighted by Gasteiger charge is 2.25. The number of hydrogen-bond acceptors (Lipinski definition) is 7. The normalized spacial score (nSPS) is 17.1. The average molecular weight is 434 g/mol. The number of hydrazine groups is 1. The Morgan fingerprint density at radius 1 is 1.13 bits per heavy atom. The molecule has 0 aromatic carbocycles. The molecule has 0 atom stereocenters. The minimum atomic E-state index is -0.381. The third kappa shape index (κ3) is 7.94. The fraction of sp³-hybridized carbons (Fsp3) is 0.652. The largest absolute Gasteiger partial charge is 0.489 e. The van der Waals surface area contributed by atoms with E-state index in [1.165, 1.54) is 37.1 Å². The maximum Gasteiger partial charge on any atom is 0.409 e. The van der Waals surface area contributed by atoms with Gasteiger partial charge in [0, 0.05) is 20.6 Å². The molecular formula is C23H39N5O3. The van der Waals surface area contributed by atoms with Crippen LogP contribution in [-0.4, -0.2) is 54.3 Å². The molecule has 1 heterocycles. The van der Waals surface area contributed by atoms with Gasteiger partial charge in [-0.1, -0.05) is 20.3 Å². The van der Waals surface area contributed by atoms with Gasteiger partial charge in [-0.05, 0) is 56.6 Å². The molecule has 4 N–H and O–H groups in total. The Kier molecular flexibility index (Phi) is 9.91. The van der Waals surface area contributed by atoms with Gasteiger partial charge in [-0.25, -0.2) is 10.6 Å². The first-order valence-corrected chi connectivity index (χ1v) is 11.4. The van der Waals surface area contributed by atoms with Gasteiger partial charge in [0.1, 0.15) is 12.4 Å². The highest BCUT2D eigenvalue weighted by atomic mass is 16.6. The molecule has 1 aromatic heterocycles. The van der Waals surface area contributed by atoms with E-state index in [0.29, 0.717) is 23.0 Å². The quantitative estimate of drug-likeness (QED) is 0.475. The van der Waals surface area contributed by atoms with E-state index in [-0.39, 0.29) is 18.8 Å². The first-order chi connectivity index (χ1) is 14.9. The van der Waals surface area contributed by atoms with Crippen molar-refractivity contribution in [1.82, 2.24) is 14.9 Å². The van der Waals surface area contributed by atoms with E-state index < -0.39 is 0 Å². The predicted octanol–water partition coefficient (Wildman–Crippen LogP) is 3.73. The molecular weight excluding hydrogens is 394 g/mol. The molecule has 174 valence electrons. The Morgan fingerprint density at radius 2 is 1.81 bits per heavy atom. The monoisotopic (exact) mass is 433 g/mol. The molecule has 0 aliphatic heterocycles. The fourth-order valence-electron chi connectivity index (χ4n) is 3.50. The molecule has 2 aliphatic carbocycles. The summed E-state index contributed by atoms with van der Waals surface area (Å²) in [7, 11) is 3.40. The van der Waals surface area contributed by atoms with Crippen LogP contribution in [-0.2, 0) is 4.74 Å². The van der Waals surface area contributed by atoms with Gasteiger partial charge in [0.2, 0.25) is 0 Å². The molecule has 1 amide bonds. The number of carbonyl (C=O) groups is 1. The number of likely N-dealkylation sites (N-methyl/N-ethyl adjacent to an activating group) is 1. The zero-order valence-corrected chi connectivity index (χ0v) is 19.5. The Labute approximate surface area is 186 Å². The number of nitrogens with two attached hydrogens (primary N) is 2. The van der Waals surface area contributed by atoms with E-state index in [2.05, 4.69) is 4.98 Å². The van der Waals surface area contributed by atoms with Gasteiger partial charge >= 0.3 is 6.09 Å². The van der Waals surface area contributed by atoms with E-state index in [9.17, 15) is 4.79 Å². The summed E-state index contributed by atoms with van der Waals surface area (Å²) in [5.41, 5.74) is 7.71. The van der Waals surface area contributed by atoms with E-state index in [1.54, 1.807) is 31.3 Å². The molecule has 8 nitrogen and oxygen atoms in total. The standard InChI is InChI=1S/C21H33N5O3.C2H6/c1-25(13-15-8-9-15)21(27)28-14-19(26(2)23)20(22)18-11-10-17(12-24-18)29-16-6-4-3-5-7-16;1-2/h10-12,15-16H,3-9,13-14,22-23H2,1-2H3;1-2H3/b20-19-;. The summed E-state index contributed by atoms with van der Waals surface area (Å²) in [5, 5.41) is 1.36. The lowest BCUT2D eigenvalue weighted by molar-refractivity contribution is 0.112. The second-order valence-corrected chi connectivity index (χ2v) is 8.11. The first kappa shape index (κ1) is 24.8. The van der Waals surface area contributed by atoms with Crippen molar-refractivity contribution in [2.75, 3.05) is 27.2 Å². The van der Waals surface area contributed by atoms with Gasteiger partial charge in [-0.3, -0.25) is 4.98 Å². The molecule has 0 bridgehead atoms. The van der Waals surface area contributed by atoms with Crippen LogP contribution in [0.15, 0.2) is 24.0 Å². The van der Waals surface area contributed by atoms with Crippen LogP contribution in [0.5, 0.6) is 5.75 Å². The number of carbonyl (C=O) groups excluding carboxylic acids is 1. The fourth-order valence-corrected chi connectivity index (χ4v) is 3.50. The topological polar surface area (TPSA) is 107 Å². The summed E-state index contributed by atoms with van der Waals surface area (Å²) in [4.78, 5) is 18.2. The molecule has 2 aliphatic rings. The van der Waals surface area contributed by atoms with E-state index in [1.807, 2.05) is 19.9 Å². The van der Waals surface area contributed by atoms with E-state index in [4.69, 9.17) is 21.1 Å². The van der Waals surface area contributed by atoms with Gasteiger partial charge in [-0.2, -0.15) is 0 Å². The molecule has 31 heavy (non-hydrogen) atoms. The summed E-state index contributed by atoms with van der Waals surface area (Å²) in [6.07, 6.45) is 9.81. The van der Waals surface area contributed by atoms with Crippen molar-refractivity contribution in [3.8, 4) is 5.75 Å². The number of nitrogens with zero attached hydrogens (tertiary/aromatic N) is 3. The molecule has 0 saturated heterocycles. The SMILES string of the molecule is CC.CN(CC1CC1)C(=O)OC/C(=C(/N)c1ccc(OC2CCCCC2)cn1)N(C)N. The lowest BCUT2D eigenvalue weighted by Gasteiger charge is -2.23. The van der Waals surface area contributed by atoms with Crippen molar-refractivity contribution in [1.29, 1.82) is 0 Å². The second-order valence-electron chi connectivity index (χ2n) is 8.11. The van der Waals surface area contributed by atoms with Gasteiger partial charge in [0.25, 0.3) is 0 Å². The third-order valence-electron chi connectivity index (χ3n) is 5.48. The summed E-state index contributed by atoms with van der Waals surface area (Å²) in [5.74, 6) is 7.26. The summed E-state index contributed by atoms with van der Waals surface area (Å²) in [6, 6.07) is 3.67. The van der Waals surface area contributed by atoms with Gasteiger partial charge in [-0.15, -0.1) is 0 Å². The van der Waals surface area contributed by atoms with Crippen LogP contribution < -0.4 is 16.3 Å². The maximum atomic E-state index is 12.2. The Morgan fingerprint density at radius 3 is 2.35 bits per heavy atom. The molecule has 2 fully saturated rings. The van der Waals surface area contributed by atoms with E-state index >= 15 is 0 Å². The third-order valence-corrected chi connectivity index (χ3v) is 5.48. The van der Waals surface area contributed by atoms with Crippen molar-refractivity contribution in [3.63, 3.8) is 0 Å².